The maximum absolute atomic E-state index is 12.5. The molecule has 0 aliphatic rings. The van der Waals surface area contributed by atoms with Crippen LogP contribution in [0.3, 0.4) is 0 Å². The molecule has 0 fully saturated rings. The number of phenols is 1. The maximum atomic E-state index is 12.5. The lowest BCUT2D eigenvalue weighted by Crippen LogP contribution is -2.33. The van der Waals surface area contributed by atoms with Crippen LogP contribution in [-0.4, -0.2) is 16.1 Å². The predicted molar refractivity (Wildman–Crippen MR) is 118 cm³/mol. The van der Waals surface area contributed by atoms with E-state index in [4.69, 9.17) is 28.2 Å². The smallest absolute Gasteiger partial charge is 0.293 e. The van der Waals surface area contributed by atoms with Crippen molar-refractivity contribution in [3.8, 4) is 17.1 Å². The molecular weight excluding hydrogens is 408 g/mol. The number of fused-ring (bicyclic) bond motifs is 1. The van der Waals surface area contributed by atoms with Gasteiger partial charge in [0.15, 0.2) is 10.9 Å². The molecule has 3 aromatic carbocycles. The number of thiocarbonyl (C=S) groups is 1. The van der Waals surface area contributed by atoms with Gasteiger partial charge in [0, 0.05) is 27.0 Å². The number of amides is 1. The summed E-state index contributed by atoms with van der Waals surface area (Å²) in [6.07, 6.45) is 0. The highest BCUT2D eigenvalue weighted by Gasteiger charge is 2.14. The molecule has 3 N–H and O–H groups in total. The number of aromatic hydroxyl groups is 1. The molecule has 0 spiro atoms. The van der Waals surface area contributed by atoms with Crippen LogP contribution in [0.1, 0.15) is 10.6 Å². The van der Waals surface area contributed by atoms with Crippen molar-refractivity contribution in [2.24, 2.45) is 0 Å². The first-order chi connectivity index (χ1) is 14.0. The predicted octanol–water partition coefficient (Wildman–Crippen LogP) is 5.59. The van der Waals surface area contributed by atoms with Gasteiger partial charge in [0.2, 0.25) is 0 Å². The highest BCUT2D eigenvalue weighted by molar-refractivity contribution is 7.80. The molecule has 1 amide bonds. The lowest BCUT2D eigenvalue weighted by atomic mass is 10.1. The van der Waals surface area contributed by atoms with E-state index in [-0.39, 0.29) is 16.6 Å². The Balaban J connectivity index is 1.47. The van der Waals surface area contributed by atoms with Crippen molar-refractivity contribution in [3.05, 3.63) is 83.6 Å². The molecule has 4 aromatic rings. The summed E-state index contributed by atoms with van der Waals surface area (Å²) in [5, 5.41) is 17.8. The number of halogens is 1. The number of anilines is 1. The third-order valence-electron chi connectivity index (χ3n) is 4.33. The second-order valence-electron chi connectivity index (χ2n) is 6.26. The molecule has 0 saturated carbocycles. The quantitative estimate of drug-likeness (QED) is 0.375. The molecule has 1 aromatic heterocycles. The number of nitrogens with one attached hydrogen (secondary N) is 2. The fourth-order valence-corrected chi connectivity index (χ4v) is 3.28. The third-order valence-corrected chi connectivity index (χ3v) is 4.79. The summed E-state index contributed by atoms with van der Waals surface area (Å²) in [7, 11) is 0. The maximum Gasteiger partial charge on any atom is 0.293 e. The summed E-state index contributed by atoms with van der Waals surface area (Å²) in [4.78, 5) is 12.5. The zero-order chi connectivity index (χ0) is 20.4. The first kappa shape index (κ1) is 19.0. The van der Waals surface area contributed by atoms with Crippen molar-refractivity contribution in [2.75, 3.05) is 5.32 Å². The normalized spacial score (nSPS) is 10.7. The molecule has 5 nitrogen and oxygen atoms in total. The van der Waals surface area contributed by atoms with Crippen molar-refractivity contribution < 1.29 is 14.3 Å². The Morgan fingerprint density at radius 3 is 2.45 bits per heavy atom. The van der Waals surface area contributed by atoms with Crippen LogP contribution in [-0.2, 0) is 0 Å². The summed E-state index contributed by atoms with van der Waals surface area (Å²) in [6.45, 7) is 0. The number of phenolic OH excluding ortho intramolecular Hbond substituents is 1. The fraction of sp³-hybridized carbons (Fsp3) is 0. The minimum absolute atomic E-state index is 0.121. The SMILES string of the molecule is O=C(NC(=S)Nc1cccc2c(O)cccc12)c1ccc(-c2ccc(Cl)cc2)o1. The van der Waals surface area contributed by atoms with Gasteiger partial charge in [0.25, 0.3) is 5.91 Å². The first-order valence-electron chi connectivity index (χ1n) is 8.70. The average molecular weight is 423 g/mol. The van der Waals surface area contributed by atoms with Gasteiger partial charge >= 0.3 is 0 Å². The van der Waals surface area contributed by atoms with Crippen molar-refractivity contribution in [3.63, 3.8) is 0 Å². The molecule has 0 saturated heterocycles. The van der Waals surface area contributed by atoms with Crippen molar-refractivity contribution in [2.45, 2.75) is 0 Å². The molecule has 4 rings (SSSR count). The van der Waals surface area contributed by atoms with Gasteiger partial charge in [-0.25, -0.2) is 0 Å². The summed E-state index contributed by atoms with van der Waals surface area (Å²) in [6, 6.07) is 21.0. The van der Waals surface area contributed by atoms with E-state index in [0.717, 1.165) is 10.9 Å². The molecule has 0 aliphatic carbocycles. The van der Waals surface area contributed by atoms with E-state index < -0.39 is 5.91 Å². The van der Waals surface area contributed by atoms with E-state index >= 15 is 0 Å². The molecule has 0 unspecified atom stereocenters. The van der Waals surface area contributed by atoms with E-state index in [0.29, 0.717) is 21.9 Å². The van der Waals surface area contributed by atoms with Crippen molar-refractivity contribution in [1.29, 1.82) is 0 Å². The van der Waals surface area contributed by atoms with Gasteiger partial charge < -0.3 is 14.8 Å². The Labute approximate surface area is 176 Å². The van der Waals surface area contributed by atoms with E-state index in [2.05, 4.69) is 10.6 Å². The zero-order valence-corrected chi connectivity index (χ0v) is 16.6. The minimum Gasteiger partial charge on any atom is -0.507 e. The van der Waals surface area contributed by atoms with Crippen LogP contribution in [0, 0.1) is 0 Å². The second-order valence-corrected chi connectivity index (χ2v) is 7.10. The molecular formula is C22H15ClN2O3S. The summed E-state index contributed by atoms with van der Waals surface area (Å²) in [5.74, 6) is 0.391. The van der Waals surface area contributed by atoms with Gasteiger partial charge in [-0.05, 0) is 60.7 Å². The Morgan fingerprint density at radius 2 is 1.66 bits per heavy atom. The molecule has 1 heterocycles. The molecule has 0 bridgehead atoms. The fourth-order valence-electron chi connectivity index (χ4n) is 2.95. The van der Waals surface area contributed by atoms with Crippen LogP contribution in [0.5, 0.6) is 5.75 Å². The highest BCUT2D eigenvalue weighted by Crippen LogP contribution is 2.29. The molecule has 0 aliphatic heterocycles. The Hall–Kier alpha value is -3.35. The van der Waals surface area contributed by atoms with E-state index in [1.54, 1.807) is 48.5 Å². The number of benzene rings is 3. The van der Waals surface area contributed by atoms with E-state index in [9.17, 15) is 9.90 Å². The van der Waals surface area contributed by atoms with E-state index in [1.807, 2.05) is 24.3 Å². The van der Waals surface area contributed by atoms with Gasteiger partial charge in [0.05, 0.1) is 0 Å². The molecule has 0 atom stereocenters. The number of furan rings is 1. The van der Waals surface area contributed by atoms with Gasteiger partial charge in [0.1, 0.15) is 11.5 Å². The van der Waals surface area contributed by atoms with Crippen LogP contribution >= 0.6 is 23.8 Å². The second kappa shape index (κ2) is 7.95. The third kappa shape index (κ3) is 4.08. The average Bonchev–Trinajstić information content (AvgIpc) is 3.20. The molecule has 29 heavy (non-hydrogen) atoms. The van der Waals surface area contributed by atoms with Crippen LogP contribution in [0.25, 0.3) is 22.1 Å². The van der Waals surface area contributed by atoms with Gasteiger partial charge in [-0.1, -0.05) is 35.9 Å². The number of rotatable bonds is 3. The number of hydrogen-bond donors (Lipinski definition) is 3. The van der Waals surface area contributed by atoms with Crippen LogP contribution < -0.4 is 10.6 Å². The monoisotopic (exact) mass is 422 g/mol. The summed E-state index contributed by atoms with van der Waals surface area (Å²) < 4.78 is 5.63. The van der Waals surface area contributed by atoms with Crippen LogP contribution in [0.2, 0.25) is 5.02 Å². The lowest BCUT2D eigenvalue weighted by Gasteiger charge is -2.11. The van der Waals surface area contributed by atoms with Crippen LogP contribution in [0.15, 0.2) is 77.2 Å². The Kier molecular flexibility index (Phi) is 5.20. The zero-order valence-electron chi connectivity index (χ0n) is 15.0. The number of carbonyl (C=O) groups excluding carboxylic acids is 1. The number of carbonyl (C=O) groups is 1. The first-order valence-corrected chi connectivity index (χ1v) is 9.49. The Bertz CT molecular complexity index is 1220. The highest BCUT2D eigenvalue weighted by atomic mass is 35.5. The standard InChI is InChI=1S/C22H15ClN2O3S/c23-14-9-7-13(8-10-14)19-11-12-20(28-19)21(27)25-22(29)24-17-5-1-4-16-15(17)3-2-6-18(16)26/h1-12,26H,(H2,24,25,27,29). The van der Waals surface area contributed by atoms with Crippen molar-refractivity contribution >= 4 is 51.3 Å². The van der Waals surface area contributed by atoms with E-state index in [1.165, 1.54) is 0 Å². The van der Waals surface area contributed by atoms with Crippen molar-refractivity contribution in [1.82, 2.24) is 5.32 Å². The van der Waals surface area contributed by atoms with Gasteiger partial charge in [-0.3, -0.25) is 10.1 Å². The summed E-state index contributed by atoms with van der Waals surface area (Å²) >= 11 is 11.2. The summed E-state index contributed by atoms with van der Waals surface area (Å²) in [5.41, 5.74) is 1.48. The largest absolute Gasteiger partial charge is 0.507 e. The molecule has 144 valence electrons. The topological polar surface area (TPSA) is 74.5 Å². The number of hydrogen-bond acceptors (Lipinski definition) is 4. The van der Waals surface area contributed by atoms with Gasteiger partial charge in [-0.15, -0.1) is 0 Å². The van der Waals surface area contributed by atoms with Gasteiger partial charge in [-0.2, -0.15) is 0 Å². The van der Waals surface area contributed by atoms with Crippen LogP contribution in [0.4, 0.5) is 5.69 Å². The minimum atomic E-state index is -0.467. The Morgan fingerprint density at radius 1 is 0.931 bits per heavy atom. The molecule has 7 heteroatoms. The molecule has 0 radical (unpaired) electrons. The lowest BCUT2D eigenvalue weighted by molar-refractivity contribution is 0.0951.